The summed E-state index contributed by atoms with van der Waals surface area (Å²) in [7, 11) is 0. The fourth-order valence-corrected chi connectivity index (χ4v) is 2.22. The lowest BCUT2D eigenvalue weighted by atomic mass is 10.1. The van der Waals surface area contributed by atoms with Crippen molar-refractivity contribution in [3.05, 3.63) is 23.8 Å². The highest BCUT2D eigenvalue weighted by Crippen LogP contribution is 2.25. The zero-order valence-electron chi connectivity index (χ0n) is 9.89. The number of aliphatic hydroxyl groups is 1. The number of hydrogen-bond acceptors (Lipinski definition) is 4. The van der Waals surface area contributed by atoms with E-state index in [1.54, 1.807) is 0 Å². The highest BCUT2D eigenvalue weighted by atomic mass is 16.4. The van der Waals surface area contributed by atoms with Gasteiger partial charge in [-0.2, -0.15) is 4.98 Å². The SMILES string of the molecule is Cc1ccc2oc(N3CCC(O)CC3)nc2c1. The molecule has 1 saturated heterocycles. The van der Waals surface area contributed by atoms with Crippen molar-refractivity contribution in [3.8, 4) is 0 Å². The summed E-state index contributed by atoms with van der Waals surface area (Å²) in [6.07, 6.45) is 1.41. The normalized spacial score (nSPS) is 17.9. The Morgan fingerprint density at radius 1 is 1.35 bits per heavy atom. The Kier molecular flexibility index (Phi) is 2.52. The van der Waals surface area contributed by atoms with Gasteiger partial charge in [-0.15, -0.1) is 0 Å². The van der Waals surface area contributed by atoms with Gasteiger partial charge in [0.05, 0.1) is 6.10 Å². The van der Waals surface area contributed by atoms with E-state index in [-0.39, 0.29) is 6.10 Å². The molecule has 0 amide bonds. The van der Waals surface area contributed by atoms with Crippen molar-refractivity contribution in [2.45, 2.75) is 25.9 Å². The van der Waals surface area contributed by atoms with Crippen molar-refractivity contribution in [2.75, 3.05) is 18.0 Å². The average Bonchev–Trinajstić information content (AvgIpc) is 2.72. The molecule has 0 unspecified atom stereocenters. The number of rotatable bonds is 1. The lowest BCUT2D eigenvalue weighted by molar-refractivity contribution is 0.144. The van der Waals surface area contributed by atoms with E-state index in [9.17, 15) is 5.11 Å². The van der Waals surface area contributed by atoms with Crippen molar-refractivity contribution in [1.82, 2.24) is 4.98 Å². The van der Waals surface area contributed by atoms with E-state index in [1.807, 2.05) is 25.1 Å². The Hall–Kier alpha value is -1.55. The molecule has 1 N–H and O–H groups in total. The third kappa shape index (κ3) is 2.00. The molecule has 1 fully saturated rings. The van der Waals surface area contributed by atoms with Crippen LogP contribution in [-0.4, -0.2) is 29.3 Å². The monoisotopic (exact) mass is 232 g/mol. The first kappa shape index (κ1) is 10.6. The molecule has 0 radical (unpaired) electrons. The van der Waals surface area contributed by atoms with Crippen LogP contribution in [0.3, 0.4) is 0 Å². The van der Waals surface area contributed by atoms with Crippen LogP contribution in [-0.2, 0) is 0 Å². The molecule has 2 heterocycles. The number of hydrogen-bond donors (Lipinski definition) is 1. The van der Waals surface area contributed by atoms with Crippen LogP contribution < -0.4 is 4.90 Å². The molecule has 0 saturated carbocycles. The topological polar surface area (TPSA) is 49.5 Å². The molecule has 1 aliphatic rings. The molecule has 17 heavy (non-hydrogen) atoms. The number of nitrogens with zero attached hydrogens (tertiary/aromatic N) is 2. The quantitative estimate of drug-likeness (QED) is 0.818. The molecule has 0 aliphatic carbocycles. The molecule has 0 spiro atoms. The molecule has 3 rings (SSSR count). The minimum absolute atomic E-state index is 0.169. The van der Waals surface area contributed by atoms with E-state index in [2.05, 4.69) is 9.88 Å². The van der Waals surface area contributed by atoms with Crippen LogP contribution in [0.25, 0.3) is 11.1 Å². The van der Waals surface area contributed by atoms with E-state index < -0.39 is 0 Å². The number of anilines is 1. The van der Waals surface area contributed by atoms with Crippen molar-refractivity contribution < 1.29 is 9.52 Å². The van der Waals surface area contributed by atoms with Gasteiger partial charge in [-0.25, -0.2) is 0 Å². The summed E-state index contributed by atoms with van der Waals surface area (Å²) in [5, 5.41) is 9.47. The lowest BCUT2D eigenvalue weighted by Crippen LogP contribution is -2.35. The summed E-state index contributed by atoms with van der Waals surface area (Å²) < 4.78 is 5.73. The van der Waals surface area contributed by atoms with Gasteiger partial charge in [0.1, 0.15) is 5.52 Å². The number of fused-ring (bicyclic) bond motifs is 1. The Labute approximate surface area is 99.9 Å². The Morgan fingerprint density at radius 3 is 2.88 bits per heavy atom. The maximum atomic E-state index is 9.47. The van der Waals surface area contributed by atoms with Crippen LogP contribution in [0.2, 0.25) is 0 Å². The van der Waals surface area contributed by atoms with Crippen molar-refractivity contribution in [2.24, 2.45) is 0 Å². The minimum Gasteiger partial charge on any atom is -0.423 e. The summed E-state index contributed by atoms with van der Waals surface area (Å²) in [5.41, 5.74) is 2.93. The summed E-state index contributed by atoms with van der Waals surface area (Å²) in [6.45, 7) is 3.67. The van der Waals surface area contributed by atoms with E-state index in [4.69, 9.17) is 4.42 Å². The molecule has 0 atom stereocenters. The standard InChI is InChI=1S/C13H16N2O2/c1-9-2-3-12-11(8-9)14-13(17-12)15-6-4-10(16)5-7-15/h2-3,8,10,16H,4-7H2,1H3. The number of aliphatic hydroxyl groups excluding tert-OH is 1. The van der Waals surface area contributed by atoms with Gasteiger partial charge in [-0.1, -0.05) is 6.07 Å². The van der Waals surface area contributed by atoms with Crippen LogP contribution in [0.1, 0.15) is 18.4 Å². The van der Waals surface area contributed by atoms with E-state index in [1.165, 1.54) is 5.56 Å². The molecule has 2 aromatic rings. The van der Waals surface area contributed by atoms with E-state index in [0.717, 1.165) is 37.0 Å². The van der Waals surface area contributed by atoms with Gasteiger partial charge < -0.3 is 14.4 Å². The second kappa shape index (κ2) is 4.04. The molecule has 1 aromatic carbocycles. The highest BCUT2D eigenvalue weighted by Gasteiger charge is 2.20. The Bertz CT molecular complexity index is 527. The number of aromatic nitrogens is 1. The molecule has 4 heteroatoms. The smallest absolute Gasteiger partial charge is 0.298 e. The number of aryl methyl sites for hydroxylation is 1. The van der Waals surface area contributed by atoms with Crippen molar-refractivity contribution in [3.63, 3.8) is 0 Å². The van der Waals surface area contributed by atoms with Crippen LogP contribution in [0.5, 0.6) is 0 Å². The third-order valence-electron chi connectivity index (χ3n) is 3.27. The van der Waals surface area contributed by atoms with Gasteiger partial charge in [0, 0.05) is 13.1 Å². The highest BCUT2D eigenvalue weighted by molar-refractivity contribution is 5.75. The van der Waals surface area contributed by atoms with Gasteiger partial charge in [0.25, 0.3) is 6.01 Å². The molecule has 0 bridgehead atoms. The summed E-state index contributed by atoms with van der Waals surface area (Å²) in [5.74, 6) is 0. The maximum absolute atomic E-state index is 9.47. The van der Waals surface area contributed by atoms with Crippen molar-refractivity contribution in [1.29, 1.82) is 0 Å². The Morgan fingerprint density at radius 2 is 2.12 bits per heavy atom. The first-order valence-electron chi connectivity index (χ1n) is 6.02. The van der Waals surface area contributed by atoms with Crippen molar-refractivity contribution >= 4 is 17.1 Å². The molecule has 4 nitrogen and oxygen atoms in total. The first-order chi connectivity index (χ1) is 8.22. The zero-order valence-corrected chi connectivity index (χ0v) is 9.89. The Balaban J connectivity index is 1.90. The third-order valence-corrected chi connectivity index (χ3v) is 3.27. The molecule has 1 aromatic heterocycles. The zero-order chi connectivity index (χ0) is 11.8. The average molecular weight is 232 g/mol. The van der Waals surface area contributed by atoms with Gasteiger partial charge >= 0.3 is 0 Å². The summed E-state index contributed by atoms with van der Waals surface area (Å²) >= 11 is 0. The molecule has 90 valence electrons. The van der Waals surface area contributed by atoms with Crippen LogP contribution in [0.15, 0.2) is 22.6 Å². The van der Waals surface area contributed by atoms with Crippen LogP contribution >= 0.6 is 0 Å². The second-order valence-corrected chi connectivity index (χ2v) is 4.69. The number of piperidine rings is 1. The summed E-state index contributed by atoms with van der Waals surface area (Å²) in [6, 6.07) is 6.69. The maximum Gasteiger partial charge on any atom is 0.298 e. The first-order valence-corrected chi connectivity index (χ1v) is 6.02. The van der Waals surface area contributed by atoms with Crippen LogP contribution in [0.4, 0.5) is 6.01 Å². The number of benzene rings is 1. The van der Waals surface area contributed by atoms with Gasteiger partial charge in [-0.05, 0) is 37.5 Å². The van der Waals surface area contributed by atoms with Gasteiger partial charge in [0.15, 0.2) is 5.58 Å². The predicted octanol–water partition coefficient (Wildman–Crippen LogP) is 2.10. The minimum atomic E-state index is -0.169. The predicted molar refractivity (Wildman–Crippen MR) is 66.2 cm³/mol. The van der Waals surface area contributed by atoms with Gasteiger partial charge in [-0.3, -0.25) is 0 Å². The molecular weight excluding hydrogens is 216 g/mol. The fourth-order valence-electron chi connectivity index (χ4n) is 2.22. The molecular formula is C13H16N2O2. The second-order valence-electron chi connectivity index (χ2n) is 4.69. The lowest BCUT2D eigenvalue weighted by Gasteiger charge is -2.27. The molecule has 1 aliphatic heterocycles. The van der Waals surface area contributed by atoms with Crippen LogP contribution in [0, 0.1) is 6.92 Å². The number of oxazole rings is 1. The fraction of sp³-hybridized carbons (Fsp3) is 0.462. The summed E-state index contributed by atoms with van der Waals surface area (Å²) in [4.78, 5) is 6.60. The van der Waals surface area contributed by atoms with E-state index >= 15 is 0 Å². The largest absolute Gasteiger partial charge is 0.423 e. The van der Waals surface area contributed by atoms with Gasteiger partial charge in [0.2, 0.25) is 0 Å². The van der Waals surface area contributed by atoms with E-state index in [0.29, 0.717) is 6.01 Å².